The van der Waals surface area contributed by atoms with E-state index in [2.05, 4.69) is 12.2 Å². The minimum absolute atomic E-state index is 0.101. The molecule has 0 aromatic heterocycles. The van der Waals surface area contributed by atoms with E-state index in [0.29, 0.717) is 5.92 Å². The predicted octanol–water partition coefficient (Wildman–Crippen LogP) is 0.404. The molecule has 4 atom stereocenters. The highest BCUT2D eigenvalue weighted by molar-refractivity contribution is 5.83. The molecule has 4 unspecified atom stereocenters. The first-order valence-corrected chi connectivity index (χ1v) is 6.47. The van der Waals surface area contributed by atoms with E-state index in [1.54, 1.807) is 0 Å². The second-order valence-electron chi connectivity index (χ2n) is 5.36. The largest absolute Gasteiger partial charge is 0.480 e. The SMILES string of the molecule is CC1CCCC1NC(=O)N1CC(O)CC1C(=O)O. The van der Waals surface area contributed by atoms with Gasteiger partial charge in [-0.05, 0) is 18.8 Å². The van der Waals surface area contributed by atoms with Gasteiger partial charge in [-0.3, -0.25) is 0 Å². The molecule has 102 valence electrons. The molecule has 6 nitrogen and oxygen atoms in total. The van der Waals surface area contributed by atoms with Crippen LogP contribution >= 0.6 is 0 Å². The number of likely N-dealkylation sites (tertiary alicyclic amines) is 1. The fourth-order valence-electron chi connectivity index (χ4n) is 2.87. The van der Waals surface area contributed by atoms with Crippen LogP contribution in [0.3, 0.4) is 0 Å². The van der Waals surface area contributed by atoms with Gasteiger partial charge >= 0.3 is 12.0 Å². The van der Waals surface area contributed by atoms with Crippen LogP contribution in [0.5, 0.6) is 0 Å². The van der Waals surface area contributed by atoms with Gasteiger partial charge in [-0.15, -0.1) is 0 Å². The number of carbonyl (C=O) groups is 2. The van der Waals surface area contributed by atoms with Gasteiger partial charge in [0.15, 0.2) is 0 Å². The molecule has 0 aromatic rings. The molecule has 2 fully saturated rings. The average molecular weight is 256 g/mol. The molecule has 1 saturated heterocycles. The highest BCUT2D eigenvalue weighted by atomic mass is 16.4. The Kier molecular flexibility index (Phi) is 3.75. The van der Waals surface area contributed by atoms with Crippen molar-refractivity contribution in [2.75, 3.05) is 6.54 Å². The van der Waals surface area contributed by atoms with Crippen molar-refractivity contribution >= 4 is 12.0 Å². The third-order valence-corrected chi connectivity index (χ3v) is 4.00. The summed E-state index contributed by atoms with van der Waals surface area (Å²) in [6.45, 7) is 2.19. The monoisotopic (exact) mass is 256 g/mol. The number of carboxylic acids is 1. The number of hydrogen-bond acceptors (Lipinski definition) is 3. The van der Waals surface area contributed by atoms with Crippen LogP contribution < -0.4 is 5.32 Å². The fourth-order valence-corrected chi connectivity index (χ4v) is 2.87. The number of urea groups is 1. The van der Waals surface area contributed by atoms with Crippen LogP contribution in [0.2, 0.25) is 0 Å². The van der Waals surface area contributed by atoms with Crippen LogP contribution in [0.4, 0.5) is 4.79 Å². The molecule has 2 aliphatic rings. The zero-order chi connectivity index (χ0) is 13.3. The maximum absolute atomic E-state index is 12.0. The van der Waals surface area contributed by atoms with Crippen LogP contribution in [0.15, 0.2) is 0 Å². The Morgan fingerprint density at radius 1 is 1.33 bits per heavy atom. The summed E-state index contributed by atoms with van der Waals surface area (Å²) >= 11 is 0. The number of amides is 2. The summed E-state index contributed by atoms with van der Waals surface area (Å²) < 4.78 is 0. The highest BCUT2D eigenvalue weighted by Crippen LogP contribution is 2.26. The van der Waals surface area contributed by atoms with Crippen molar-refractivity contribution < 1.29 is 19.8 Å². The Morgan fingerprint density at radius 2 is 2.06 bits per heavy atom. The molecule has 3 N–H and O–H groups in total. The Balaban J connectivity index is 1.97. The quantitative estimate of drug-likeness (QED) is 0.667. The summed E-state index contributed by atoms with van der Waals surface area (Å²) in [6, 6.07) is -1.14. The first-order valence-electron chi connectivity index (χ1n) is 6.47. The number of carboxylic acid groups (broad SMARTS) is 1. The fraction of sp³-hybridized carbons (Fsp3) is 0.833. The summed E-state index contributed by atoms with van der Waals surface area (Å²) in [5, 5.41) is 21.4. The minimum Gasteiger partial charge on any atom is -0.480 e. The van der Waals surface area contributed by atoms with E-state index in [1.165, 1.54) is 4.90 Å². The first kappa shape index (κ1) is 13.1. The van der Waals surface area contributed by atoms with Gasteiger partial charge < -0.3 is 20.4 Å². The minimum atomic E-state index is -1.05. The number of β-amino-alcohol motifs (C(OH)–C–C–N with tert-alkyl or cyclic N) is 1. The molecule has 0 radical (unpaired) electrons. The smallest absolute Gasteiger partial charge is 0.326 e. The van der Waals surface area contributed by atoms with Gasteiger partial charge in [0, 0.05) is 19.0 Å². The van der Waals surface area contributed by atoms with E-state index in [1.807, 2.05) is 0 Å². The molecular weight excluding hydrogens is 236 g/mol. The average Bonchev–Trinajstić information content (AvgIpc) is 2.86. The zero-order valence-corrected chi connectivity index (χ0v) is 10.5. The molecule has 0 bridgehead atoms. The van der Waals surface area contributed by atoms with E-state index < -0.39 is 18.1 Å². The topological polar surface area (TPSA) is 89.9 Å². The lowest BCUT2D eigenvalue weighted by atomic mass is 10.1. The van der Waals surface area contributed by atoms with E-state index in [4.69, 9.17) is 5.11 Å². The number of nitrogens with one attached hydrogen (secondary N) is 1. The van der Waals surface area contributed by atoms with Crippen molar-refractivity contribution in [3.63, 3.8) is 0 Å². The first-order chi connectivity index (χ1) is 8.49. The predicted molar refractivity (Wildman–Crippen MR) is 64.1 cm³/mol. The number of aliphatic hydroxyl groups excluding tert-OH is 1. The van der Waals surface area contributed by atoms with E-state index in [-0.39, 0.29) is 25.0 Å². The second-order valence-corrected chi connectivity index (χ2v) is 5.36. The number of carbonyl (C=O) groups excluding carboxylic acids is 1. The molecule has 0 spiro atoms. The molecule has 1 aliphatic heterocycles. The van der Waals surface area contributed by atoms with Crippen molar-refractivity contribution in [2.45, 2.75) is 50.8 Å². The van der Waals surface area contributed by atoms with Crippen molar-refractivity contribution in [1.29, 1.82) is 0 Å². The van der Waals surface area contributed by atoms with Crippen LogP contribution in [0.1, 0.15) is 32.6 Å². The molecule has 0 aromatic carbocycles. The maximum Gasteiger partial charge on any atom is 0.326 e. The normalized spacial score (nSPS) is 35.8. The molecule has 18 heavy (non-hydrogen) atoms. The zero-order valence-electron chi connectivity index (χ0n) is 10.5. The van der Waals surface area contributed by atoms with Gasteiger partial charge in [0.2, 0.25) is 0 Å². The lowest BCUT2D eigenvalue weighted by Gasteiger charge is -2.25. The molecule has 6 heteroatoms. The van der Waals surface area contributed by atoms with Crippen molar-refractivity contribution in [3.05, 3.63) is 0 Å². The van der Waals surface area contributed by atoms with Crippen LogP contribution in [-0.2, 0) is 4.79 Å². The van der Waals surface area contributed by atoms with Crippen molar-refractivity contribution in [3.8, 4) is 0 Å². The lowest BCUT2D eigenvalue weighted by Crippen LogP contribution is -2.49. The van der Waals surface area contributed by atoms with Crippen LogP contribution in [0, 0.1) is 5.92 Å². The summed E-state index contributed by atoms with van der Waals surface area (Å²) in [7, 11) is 0. The third kappa shape index (κ3) is 2.58. The van der Waals surface area contributed by atoms with E-state index in [0.717, 1.165) is 19.3 Å². The van der Waals surface area contributed by atoms with Gasteiger partial charge in [0.05, 0.1) is 6.10 Å². The summed E-state index contributed by atoms with van der Waals surface area (Å²) in [4.78, 5) is 24.3. The molecule has 2 rings (SSSR count). The highest BCUT2D eigenvalue weighted by Gasteiger charge is 2.40. The van der Waals surface area contributed by atoms with E-state index >= 15 is 0 Å². The number of nitrogens with zero attached hydrogens (tertiary/aromatic N) is 1. The third-order valence-electron chi connectivity index (χ3n) is 4.00. The number of hydrogen-bond donors (Lipinski definition) is 3. The van der Waals surface area contributed by atoms with Crippen molar-refractivity contribution in [2.24, 2.45) is 5.92 Å². The Bertz CT molecular complexity index is 347. The summed E-state index contributed by atoms with van der Waals surface area (Å²) in [5.41, 5.74) is 0. The number of rotatable bonds is 2. The molecule has 1 saturated carbocycles. The maximum atomic E-state index is 12.0. The Morgan fingerprint density at radius 3 is 2.61 bits per heavy atom. The van der Waals surface area contributed by atoms with Gasteiger partial charge in [-0.2, -0.15) is 0 Å². The van der Waals surface area contributed by atoms with Crippen LogP contribution in [-0.4, -0.2) is 51.8 Å². The summed E-state index contributed by atoms with van der Waals surface area (Å²) in [5.74, 6) is -0.620. The number of aliphatic hydroxyl groups is 1. The second kappa shape index (κ2) is 5.14. The molecule has 1 heterocycles. The van der Waals surface area contributed by atoms with Gasteiger partial charge in [-0.25, -0.2) is 9.59 Å². The lowest BCUT2D eigenvalue weighted by molar-refractivity contribution is -0.141. The molecule has 2 amide bonds. The molecule has 1 aliphatic carbocycles. The van der Waals surface area contributed by atoms with Gasteiger partial charge in [0.1, 0.15) is 6.04 Å². The standard InChI is InChI=1S/C12H20N2O4/c1-7-3-2-4-9(7)13-12(18)14-6-8(15)5-10(14)11(16)17/h7-10,15H,2-6H2,1H3,(H,13,18)(H,16,17). The van der Waals surface area contributed by atoms with Gasteiger partial charge in [-0.1, -0.05) is 13.3 Å². The molecular formula is C12H20N2O4. The van der Waals surface area contributed by atoms with E-state index in [9.17, 15) is 14.7 Å². The van der Waals surface area contributed by atoms with Gasteiger partial charge in [0.25, 0.3) is 0 Å². The number of aliphatic carboxylic acids is 1. The summed E-state index contributed by atoms with van der Waals surface area (Å²) in [6.07, 6.45) is 2.51. The van der Waals surface area contributed by atoms with Crippen LogP contribution in [0.25, 0.3) is 0 Å². The Hall–Kier alpha value is -1.30. The Labute approximate surface area is 106 Å². The van der Waals surface area contributed by atoms with Crippen molar-refractivity contribution in [1.82, 2.24) is 10.2 Å².